The second kappa shape index (κ2) is 15.3. The number of carbonyl (C=O) groups is 1. The number of hydrogen-bond donors (Lipinski definition) is 2. The zero-order valence-electron chi connectivity index (χ0n) is 27.0. The molecule has 0 saturated carbocycles. The molecule has 6 nitrogen and oxygen atoms in total. The van der Waals surface area contributed by atoms with E-state index in [1.165, 1.54) is 5.56 Å². The van der Waals surface area contributed by atoms with Crippen molar-refractivity contribution in [3.63, 3.8) is 0 Å². The molecule has 5 aromatic rings. The van der Waals surface area contributed by atoms with Crippen molar-refractivity contribution in [1.82, 2.24) is 10.2 Å². The van der Waals surface area contributed by atoms with E-state index < -0.39 is 6.29 Å². The first-order chi connectivity index (χ1) is 23.0. The Balaban J connectivity index is 1.21. The number of nitrogens with one attached hydrogen (secondary N) is 1. The minimum atomic E-state index is -0.551. The van der Waals surface area contributed by atoms with Gasteiger partial charge < -0.3 is 19.9 Å². The van der Waals surface area contributed by atoms with E-state index in [2.05, 4.69) is 78.8 Å². The summed E-state index contributed by atoms with van der Waals surface area (Å²) in [6.07, 6.45) is -0.0539. The maximum atomic E-state index is 12.6. The zero-order valence-corrected chi connectivity index (χ0v) is 27.0. The molecular formula is C41H42N2O4. The van der Waals surface area contributed by atoms with Gasteiger partial charge in [0.1, 0.15) is 0 Å². The van der Waals surface area contributed by atoms with Gasteiger partial charge in [0.05, 0.1) is 18.8 Å². The first kappa shape index (κ1) is 32.4. The summed E-state index contributed by atoms with van der Waals surface area (Å²) in [4.78, 5) is 14.9. The molecule has 47 heavy (non-hydrogen) atoms. The highest BCUT2D eigenvalue weighted by atomic mass is 16.7. The predicted octanol–water partition coefficient (Wildman–Crippen LogP) is 8.01. The monoisotopic (exact) mass is 626 g/mol. The van der Waals surface area contributed by atoms with Crippen LogP contribution in [0, 0.1) is 0 Å². The van der Waals surface area contributed by atoms with Gasteiger partial charge in [0.2, 0.25) is 0 Å². The van der Waals surface area contributed by atoms with Gasteiger partial charge in [-0.25, -0.2) is 0 Å². The average Bonchev–Trinajstić information content (AvgIpc) is 3.14. The number of likely N-dealkylation sites (N-methyl/N-ethyl adjacent to an activating group) is 1. The fourth-order valence-electron chi connectivity index (χ4n) is 6.10. The molecule has 2 N–H and O–H groups in total. The van der Waals surface area contributed by atoms with Crippen LogP contribution in [0.15, 0.2) is 133 Å². The van der Waals surface area contributed by atoms with Crippen LogP contribution >= 0.6 is 0 Å². The molecule has 0 aliphatic carbocycles. The van der Waals surface area contributed by atoms with Crippen LogP contribution in [-0.2, 0) is 22.6 Å². The van der Waals surface area contributed by atoms with Crippen molar-refractivity contribution in [2.45, 2.75) is 51.0 Å². The van der Waals surface area contributed by atoms with Crippen molar-refractivity contribution < 1.29 is 19.4 Å². The van der Waals surface area contributed by atoms with E-state index in [0.717, 1.165) is 46.3 Å². The van der Waals surface area contributed by atoms with Crippen LogP contribution in [0.2, 0.25) is 0 Å². The predicted molar refractivity (Wildman–Crippen MR) is 185 cm³/mol. The van der Waals surface area contributed by atoms with Gasteiger partial charge >= 0.3 is 0 Å². The lowest BCUT2D eigenvalue weighted by Gasteiger charge is -2.39. The Morgan fingerprint density at radius 1 is 0.787 bits per heavy atom. The molecular weight excluding hydrogens is 584 g/mol. The highest BCUT2D eigenvalue weighted by molar-refractivity contribution is 5.94. The molecule has 1 amide bonds. The molecule has 240 valence electrons. The maximum absolute atomic E-state index is 12.6. The molecule has 1 saturated heterocycles. The smallest absolute Gasteiger partial charge is 0.251 e. The van der Waals surface area contributed by atoms with Gasteiger partial charge in [0.25, 0.3) is 5.91 Å². The highest BCUT2D eigenvalue weighted by Crippen LogP contribution is 2.39. The van der Waals surface area contributed by atoms with Crippen LogP contribution in [0.5, 0.6) is 0 Å². The van der Waals surface area contributed by atoms with Crippen LogP contribution in [-0.4, -0.2) is 35.6 Å². The Bertz CT molecular complexity index is 1740. The molecule has 0 aromatic heterocycles. The molecule has 1 aliphatic heterocycles. The van der Waals surface area contributed by atoms with Crippen molar-refractivity contribution in [3.8, 4) is 11.1 Å². The lowest BCUT2D eigenvalue weighted by Crippen LogP contribution is -2.38. The molecule has 4 atom stereocenters. The zero-order chi connectivity index (χ0) is 32.6. The van der Waals surface area contributed by atoms with Crippen molar-refractivity contribution in [2.75, 3.05) is 13.6 Å². The molecule has 0 spiro atoms. The van der Waals surface area contributed by atoms with E-state index in [9.17, 15) is 9.90 Å². The van der Waals surface area contributed by atoms with Gasteiger partial charge in [-0.3, -0.25) is 9.69 Å². The van der Waals surface area contributed by atoms with Gasteiger partial charge in [0.15, 0.2) is 6.29 Å². The fraction of sp³-hybridized carbons (Fsp3) is 0.244. The fourth-order valence-corrected chi connectivity index (χ4v) is 6.10. The summed E-state index contributed by atoms with van der Waals surface area (Å²) in [7, 11) is 2.15. The molecule has 1 aliphatic rings. The third-order valence-electron chi connectivity index (χ3n) is 8.96. The molecule has 5 aromatic carbocycles. The summed E-state index contributed by atoms with van der Waals surface area (Å²) in [6.45, 7) is 3.42. The van der Waals surface area contributed by atoms with E-state index >= 15 is 0 Å². The molecule has 1 heterocycles. The number of rotatable bonds is 11. The Labute approximate surface area is 277 Å². The summed E-state index contributed by atoms with van der Waals surface area (Å²) in [5.74, 6) is -0.0940. The van der Waals surface area contributed by atoms with Crippen LogP contribution in [0.3, 0.4) is 0 Å². The number of nitrogens with zero attached hydrogens (tertiary/aromatic N) is 1. The Hall–Kier alpha value is -4.59. The van der Waals surface area contributed by atoms with Crippen molar-refractivity contribution >= 4 is 5.91 Å². The van der Waals surface area contributed by atoms with Gasteiger partial charge in [-0.1, -0.05) is 109 Å². The van der Waals surface area contributed by atoms with Gasteiger partial charge in [-0.2, -0.15) is 0 Å². The van der Waals surface area contributed by atoms with Crippen molar-refractivity contribution in [1.29, 1.82) is 0 Å². The number of carbonyl (C=O) groups excluding carboxylic acids is 1. The first-order valence-corrected chi connectivity index (χ1v) is 16.2. The van der Waals surface area contributed by atoms with Crippen LogP contribution in [0.1, 0.15) is 70.0 Å². The largest absolute Gasteiger partial charge is 0.392 e. The van der Waals surface area contributed by atoms with E-state index in [4.69, 9.17) is 9.47 Å². The van der Waals surface area contributed by atoms with E-state index in [-0.39, 0.29) is 30.8 Å². The second-order valence-corrected chi connectivity index (χ2v) is 12.3. The number of benzene rings is 5. The van der Waals surface area contributed by atoms with Crippen LogP contribution in [0.4, 0.5) is 0 Å². The highest BCUT2D eigenvalue weighted by Gasteiger charge is 2.33. The normalized spacial score (nSPS) is 18.5. The standard InChI is InChI=1S/C41H42N2O4/c1-29(32-12-5-3-6-13-32)43(2)27-38-25-39(33-21-19-30(28-44)20-22-33)47-41(46-38)37-18-10-17-36(24-37)35-16-9-11-31(23-35)26-42-40(45)34-14-7-4-8-15-34/h3-24,29,38-39,41,44H,25-28H2,1-2H3,(H,42,45)/t29-,38-,39+,41+/m0/s1. The summed E-state index contributed by atoms with van der Waals surface area (Å²) in [6, 6.07) is 44.6. The van der Waals surface area contributed by atoms with Crippen LogP contribution < -0.4 is 5.32 Å². The third-order valence-corrected chi connectivity index (χ3v) is 8.96. The van der Waals surface area contributed by atoms with Crippen LogP contribution in [0.25, 0.3) is 11.1 Å². The van der Waals surface area contributed by atoms with Crippen molar-refractivity contribution in [3.05, 3.63) is 167 Å². The maximum Gasteiger partial charge on any atom is 0.251 e. The van der Waals surface area contributed by atoms with E-state index in [0.29, 0.717) is 12.1 Å². The van der Waals surface area contributed by atoms with Gasteiger partial charge in [-0.15, -0.1) is 0 Å². The van der Waals surface area contributed by atoms with E-state index in [1.807, 2.05) is 78.9 Å². The summed E-state index contributed by atoms with van der Waals surface area (Å²) >= 11 is 0. The second-order valence-electron chi connectivity index (χ2n) is 12.3. The number of amides is 1. The number of ether oxygens (including phenoxy) is 2. The lowest BCUT2D eigenvalue weighted by molar-refractivity contribution is -0.253. The van der Waals surface area contributed by atoms with Gasteiger partial charge in [0, 0.05) is 36.7 Å². The Morgan fingerprint density at radius 2 is 1.47 bits per heavy atom. The molecule has 6 heteroatoms. The quantitative estimate of drug-likeness (QED) is 0.155. The Morgan fingerprint density at radius 3 is 2.19 bits per heavy atom. The third kappa shape index (κ3) is 8.23. The minimum Gasteiger partial charge on any atom is -0.392 e. The van der Waals surface area contributed by atoms with Gasteiger partial charge in [-0.05, 0) is 71.6 Å². The molecule has 6 rings (SSSR count). The summed E-state index contributed by atoms with van der Waals surface area (Å²) < 4.78 is 13.4. The molecule has 0 unspecified atom stereocenters. The summed E-state index contributed by atoms with van der Waals surface area (Å²) in [5.41, 5.74) is 7.93. The van der Waals surface area contributed by atoms with E-state index in [1.54, 1.807) is 0 Å². The number of aliphatic hydroxyl groups is 1. The molecule has 0 bridgehead atoms. The molecule has 1 fully saturated rings. The summed E-state index contributed by atoms with van der Waals surface area (Å²) in [5, 5.41) is 12.6. The number of hydrogen-bond acceptors (Lipinski definition) is 5. The van der Waals surface area contributed by atoms with Crippen molar-refractivity contribution in [2.24, 2.45) is 0 Å². The minimum absolute atomic E-state index is 0.00965. The SMILES string of the molecule is C[C@@H](c1ccccc1)N(C)C[C@@H]1C[C@H](c2ccc(CO)cc2)O[C@H](c2cccc(-c3cccc(CNC(=O)c4ccccc4)c3)c2)O1. The lowest BCUT2D eigenvalue weighted by atomic mass is 9.98. The first-order valence-electron chi connectivity index (χ1n) is 16.2. The molecule has 0 radical (unpaired) electrons. The topological polar surface area (TPSA) is 71.0 Å². The number of aliphatic hydroxyl groups excluding tert-OH is 1. The average molecular weight is 627 g/mol. The Kier molecular flexibility index (Phi) is 10.6.